The van der Waals surface area contributed by atoms with Crippen LogP contribution in [0.5, 0.6) is 0 Å². The third kappa shape index (κ3) is 8.25. The van der Waals surface area contributed by atoms with E-state index in [-0.39, 0.29) is 0 Å². The molecule has 0 aromatic rings. The third-order valence-electron chi connectivity index (χ3n) is 2.98. The molecule has 0 aliphatic carbocycles. The highest BCUT2D eigenvalue weighted by atomic mass is 16.9. The predicted molar refractivity (Wildman–Crippen MR) is 70.4 cm³/mol. The van der Waals surface area contributed by atoms with E-state index >= 15 is 0 Å². The lowest BCUT2D eigenvalue weighted by molar-refractivity contribution is -0.937. The normalized spacial score (nSPS) is 17.3. The molecule has 1 aliphatic rings. The van der Waals surface area contributed by atoms with Crippen LogP contribution < -0.4 is 0 Å². The summed E-state index contributed by atoms with van der Waals surface area (Å²) in [6, 6.07) is 0. The molecule has 0 bridgehead atoms. The van der Waals surface area contributed by atoms with Crippen LogP contribution in [-0.2, 0) is 4.74 Å². The number of rotatable bonds is 6. The average molecular weight is 262 g/mol. The minimum absolute atomic E-state index is 0.790. The Morgan fingerprint density at radius 2 is 1.78 bits per heavy atom. The molecule has 1 fully saturated rings. The van der Waals surface area contributed by atoms with E-state index in [4.69, 9.17) is 20.1 Å². The lowest BCUT2D eigenvalue weighted by Gasteiger charge is -2.35. The van der Waals surface area contributed by atoms with Crippen LogP contribution in [0, 0.1) is 21.2 Å². The first-order valence-corrected chi connectivity index (χ1v) is 6.66. The topological polar surface area (TPSA) is 75.4 Å². The van der Waals surface area contributed by atoms with Crippen molar-refractivity contribution in [2.24, 2.45) is 5.92 Å². The highest BCUT2D eigenvalue weighted by Gasteiger charge is 2.32. The minimum Gasteiger partial charge on any atom is -0.356 e. The van der Waals surface area contributed by atoms with Crippen LogP contribution in [0.25, 0.3) is 0 Å². The largest absolute Gasteiger partial charge is 0.356 e. The van der Waals surface area contributed by atoms with Gasteiger partial charge in [0.15, 0.2) is 6.73 Å². The van der Waals surface area contributed by atoms with Crippen molar-refractivity contribution in [3.63, 3.8) is 0 Å². The second kappa shape index (κ2) is 9.10. The molecule has 0 atom stereocenters. The number of likely N-dealkylation sites (tertiary alicyclic amines) is 1. The first kappa shape index (κ1) is 17.1. The smallest absolute Gasteiger partial charge is 0.183 e. The molecule has 1 aliphatic heterocycles. The molecule has 1 rings (SSSR count). The zero-order chi connectivity index (χ0) is 14.0. The minimum atomic E-state index is -1.75. The van der Waals surface area contributed by atoms with Crippen molar-refractivity contribution in [3.05, 3.63) is 15.3 Å². The van der Waals surface area contributed by atoms with Crippen LogP contribution in [-0.4, -0.2) is 42.5 Å². The molecule has 0 saturated carbocycles. The molecule has 18 heavy (non-hydrogen) atoms. The first-order valence-electron chi connectivity index (χ1n) is 6.66. The monoisotopic (exact) mass is 262 g/mol. The molecule has 0 spiro atoms. The van der Waals surface area contributed by atoms with Gasteiger partial charge in [-0.1, -0.05) is 20.8 Å². The Bertz CT molecular complexity index is 224. The Morgan fingerprint density at radius 1 is 1.28 bits per heavy atom. The van der Waals surface area contributed by atoms with Gasteiger partial charge in [0.2, 0.25) is 0 Å². The fraction of sp³-hybridized carbons (Fsp3) is 1.00. The van der Waals surface area contributed by atoms with Crippen molar-refractivity contribution in [1.82, 2.24) is 0 Å². The summed E-state index contributed by atoms with van der Waals surface area (Å²) in [5, 5.41) is 14.8. The van der Waals surface area contributed by atoms with Gasteiger partial charge in [-0.3, -0.25) is 0 Å². The molecule has 1 saturated heterocycles. The van der Waals surface area contributed by atoms with Crippen molar-refractivity contribution in [3.8, 4) is 0 Å². The second-order valence-corrected chi connectivity index (χ2v) is 5.33. The number of nitrogens with zero attached hydrogens (tertiary/aromatic N) is 2. The van der Waals surface area contributed by atoms with Gasteiger partial charge in [-0.25, -0.2) is 0 Å². The molecule has 6 nitrogen and oxygen atoms in total. The van der Waals surface area contributed by atoms with Crippen molar-refractivity contribution >= 4 is 0 Å². The molecular formula is C12H26N2O4. The fourth-order valence-electron chi connectivity index (χ4n) is 2.55. The van der Waals surface area contributed by atoms with E-state index < -0.39 is 5.09 Å². The van der Waals surface area contributed by atoms with Gasteiger partial charge < -0.3 is 24.5 Å². The Hall–Kier alpha value is -0.880. The maximum absolute atomic E-state index is 8.25. The Labute approximate surface area is 109 Å². The predicted octanol–water partition coefficient (Wildman–Crippen LogP) is 2.40. The van der Waals surface area contributed by atoms with Crippen LogP contribution in [0.4, 0.5) is 0 Å². The van der Waals surface area contributed by atoms with Crippen LogP contribution in [0.2, 0.25) is 0 Å². The quantitative estimate of drug-likeness (QED) is 0.319. The van der Waals surface area contributed by atoms with Gasteiger partial charge in [0, 0.05) is 18.8 Å². The summed E-state index contributed by atoms with van der Waals surface area (Å²) < 4.78 is 6.96. The standard InChI is InChI=1S/C12H26NO.NO3/c1-4-9-14-11-13(10-12(2)3)7-5-6-8-13;2-1(3)4/h12H,4-11H2,1-3H3;/q+1;-1. The van der Waals surface area contributed by atoms with E-state index in [2.05, 4.69) is 20.8 Å². The molecule has 0 N–H and O–H groups in total. The number of quaternary nitrogens is 1. The Morgan fingerprint density at radius 3 is 2.17 bits per heavy atom. The number of hydrogen-bond donors (Lipinski definition) is 0. The van der Waals surface area contributed by atoms with E-state index in [1.165, 1.54) is 37.0 Å². The van der Waals surface area contributed by atoms with Crippen molar-refractivity contribution in [2.45, 2.75) is 40.0 Å². The van der Waals surface area contributed by atoms with E-state index in [1.807, 2.05) is 0 Å². The summed E-state index contributed by atoms with van der Waals surface area (Å²) in [5.41, 5.74) is 0. The molecular weight excluding hydrogens is 236 g/mol. The highest BCUT2D eigenvalue weighted by Crippen LogP contribution is 2.21. The Balaban J connectivity index is 0.000000631. The second-order valence-electron chi connectivity index (χ2n) is 5.33. The molecule has 0 amide bonds. The van der Waals surface area contributed by atoms with E-state index in [0.29, 0.717) is 0 Å². The van der Waals surface area contributed by atoms with Crippen LogP contribution in [0.3, 0.4) is 0 Å². The van der Waals surface area contributed by atoms with E-state index in [1.54, 1.807) is 0 Å². The van der Waals surface area contributed by atoms with Gasteiger partial charge in [-0.2, -0.15) is 0 Å². The molecule has 6 heteroatoms. The first-order chi connectivity index (χ1) is 8.42. The summed E-state index contributed by atoms with van der Waals surface area (Å²) in [6.45, 7) is 12.7. The van der Waals surface area contributed by atoms with Crippen LogP contribution in [0.1, 0.15) is 40.0 Å². The summed E-state index contributed by atoms with van der Waals surface area (Å²) in [7, 11) is 0. The van der Waals surface area contributed by atoms with Crippen molar-refractivity contribution in [2.75, 3.05) is 33.0 Å². The molecule has 1 heterocycles. The lowest BCUT2D eigenvalue weighted by Crippen LogP contribution is -2.49. The van der Waals surface area contributed by atoms with Crippen molar-refractivity contribution in [1.29, 1.82) is 0 Å². The molecule has 108 valence electrons. The van der Waals surface area contributed by atoms with Crippen molar-refractivity contribution < 1.29 is 14.3 Å². The number of ether oxygens (including phenoxy) is 1. The van der Waals surface area contributed by atoms with Crippen LogP contribution in [0.15, 0.2) is 0 Å². The summed E-state index contributed by atoms with van der Waals surface area (Å²) in [6.07, 6.45) is 3.92. The zero-order valence-corrected chi connectivity index (χ0v) is 11.8. The summed E-state index contributed by atoms with van der Waals surface area (Å²) in [4.78, 5) is 8.25. The molecule has 0 aromatic carbocycles. The lowest BCUT2D eigenvalue weighted by atomic mass is 10.2. The summed E-state index contributed by atoms with van der Waals surface area (Å²) in [5.74, 6) is 0.790. The summed E-state index contributed by atoms with van der Waals surface area (Å²) >= 11 is 0. The fourth-order valence-corrected chi connectivity index (χ4v) is 2.55. The maximum atomic E-state index is 8.25. The van der Waals surface area contributed by atoms with Gasteiger partial charge >= 0.3 is 0 Å². The zero-order valence-electron chi connectivity index (χ0n) is 11.8. The van der Waals surface area contributed by atoms with Crippen LogP contribution >= 0.6 is 0 Å². The molecule has 0 aromatic heterocycles. The van der Waals surface area contributed by atoms with Gasteiger partial charge in [0.25, 0.3) is 0 Å². The van der Waals surface area contributed by atoms with Gasteiger partial charge in [0.05, 0.1) is 31.3 Å². The van der Waals surface area contributed by atoms with E-state index in [0.717, 1.165) is 25.7 Å². The number of hydrogen-bond acceptors (Lipinski definition) is 4. The molecule has 0 unspecified atom stereocenters. The average Bonchev–Trinajstić information content (AvgIpc) is 2.65. The van der Waals surface area contributed by atoms with Gasteiger partial charge in [-0.05, 0) is 6.42 Å². The highest BCUT2D eigenvalue weighted by molar-refractivity contribution is 4.55. The SMILES string of the molecule is CCCOC[N+]1(CC(C)C)CCCC1.O=[N+]([O-])[O-]. The maximum Gasteiger partial charge on any atom is 0.183 e. The Kier molecular flexibility index (Phi) is 8.66. The molecule has 0 radical (unpaired) electrons. The van der Waals surface area contributed by atoms with Gasteiger partial charge in [-0.15, -0.1) is 0 Å². The van der Waals surface area contributed by atoms with E-state index in [9.17, 15) is 0 Å². The van der Waals surface area contributed by atoms with Gasteiger partial charge in [0.1, 0.15) is 0 Å². The third-order valence-corrected chi connectivity index (χ3v) is 2.98.